The first kappa shape index (κ1) is 44.2. The van der Waals surface area contributed by atoms with Crippen LogP contribution in [-0.2, 0) is 19.1 Å². The van der Waals surface area contributed by atoms with Gasteiger partial charge in [0.15, 0.2) is 18.2 Å². The summed E-state index contributed by atoms with van der Waals surface area (Å²) >= 11 is 6.58. The number of ether oxygens (including phenoxy) is 2. The molecule has 0 spiro atoms. The maximum absolute atomic E-state index is 15.9. The van der Waals surface area contributed by atoms with Gasteiger partial charge in [-0.2, -0.15) is 4.98 Å². The molecule has 9 rings (SSSR count). The van der Waals surface area contributed by atoms with E-state index in [-0.39, 0.29) is 78.6 Å². The highest BCUT2D eigenvalue weighted by Crippen LogP contribution is 2.39. The lowest BCUT2D eigenvalue weighted by Crippen LogP contribution is -2.54. The van der Waals surface area contributed by atoms with Crippen LogP contribution in [0.4, 0.5) is 21.8 Å². The van der Waals surface area contributed by atoms with Gasteiger partial charge in [-0.3, -0.25) is 43.9 Å². The fraction of sp³-hybridized carbons (Fsp3) is 0.478. The van der Waals surface area contributed by atoms with Gasteiger partial charge in [-0.15, -0.1) is 0 Å². The lowest BCUT2D eigenvalue weighted by Gasteiger charge is -2.47. The minimum atomic E-state index is -1.16. The highest BCUT2D eigenvalue weighted by atomic mass is 35.5. The molecule has 2 aromatic heterocycles. The van der Waals surface area contributed by atoms with Gasteiger partial charge in [0.1, 0.15) is 17.2 Å². The molecule has 0 radical (unpaired) electrons. The fourth-order valence-electron chi connectivity index (χ4n) is 9.73. The second-order valence-electron chi connectivity index (χ2n) is 17.7. The Kier molecular flexibility index (Phi) is 12.3. The summed E-state index contributed by atoms with van der Waals surface area (Å²) in [6.07, 6.45) is 4.50. The molecule has 1 aliphatic carbocycles. The summed E-state index contributed by atoms with van der Waals surface area (Å²) in [6, 6.07) is 11.1. The Morgan fingerprint density at radius 1 is 0.954 bits per heavy atom. The standard InChI is InChI=1S/C46H51ClFN9O8/c1-24(2)56-36-7-5-27(16-26(36)18-38(45(56)63)64-23-40(59)49-3)51-41-34(47)21-50-46(53-41)54-13-10-29(11-14-54)65-30-19-28(20-30)55-15-12-31(35(48)22-55)25-4-6-32-33(17-25)44(62)57(43(32)61)37-8-9-39(58)52-42(37)60/h4-7,16-18,21,24,28-31,35,37H,8-15,19-20,22-23H2,1-3H3,(H,49,59)(H,50,51,53)(H,52,58,60)/t28?,30?,31-,35-,37-/m1/s1. The molecule has 4 aromatic rings. The number of hydrogen-bond acceptors (Lipinski definition) is 13. The number of aromatic nitrogens is 3. The second-order valence-corrected chi connectivity index (χ2v) is 18.1. The van der Waals surface area contributed by atoms with Gasteiger partial charge in [0.2, 0.25) is 17.8 Å². The van der Waals surface area contributed by atoms with E-state index in [1.807, 2.05) is 32.0 Å². The Morgan fingerprint density at radius 3 is 2.45 bits per heavy atom. The smallest absolute Gasteiger partial charge is 0.293 e. The summed E-state index contributed by atoms with van der Waals surface area (Å²) in [5, 5.41) is 9.08. The highest BCUT2D eigenvalue weighted by molar-refractivity contribution is 6.33. The van der Waals surface area contributed by atoms with Crippen molar-refractivity contribution in [1.82, 2.24) is 35.0 Å². The Bertz CT molecular complexity index is 2630. The van der Waals surface area contributed by atoms with Crippen LogP contribution < -0.4 is 31.1 Å². The summed E-state index contributed by atoms with van der Waals surface area (Å²) in [6.45, 7) is 5.88. The van der Waals surface area contributed by atoms with Gasteiger partial charge in [-0.25, -0.2) is 9.37 Å². The zero-order valence-electron chi connectivity index (χ0n) is 36.4. The number of anilines is 3. The molecule has 4 fully saturated rings. The minimum absolute atomic E-state index is 0.0399. The van der Waals surface area contributed by atoms with Crippen molar-refractivity contribution in [3.05, 3.63) is 80.7 Å². The second kappa shape index (κ2) is 18.1. The Morgan fingerprint density at radius 2 is 1.72 bits per heavy atom. The van der Waals surface area contributed by atoms with E-state index in [1.165, 1.54) is 7.05 Å². The average Bonchev–Trinajstić information content (AvgIpc) is 3.52. The van der Waals surface area contributed by atoms with Crippen LogP contribution in [0.2, 0.25) is 5.02 Å². The van der Waals surface area contributed by atoms with E-state index < -0.39 is 41.8 Å². The molecule has 4 aliphatic heterocycles. The maximum atomic E-state index is 15.9. The van der Waals surface area contributed by atoms with E-state index in [4.69, 9.17) is 26.1 Å². The summed E-state index contributed by atoms with van der Waals surface area (Å²) in [5.74, 6) is -2.00. The van der Waals surface area contributed by atoms with Crippen LogP contribution in [0, 0.1) is 0 Å². The third-order valence-electron chi connectivity index (χ3n) is 13.3. The van der Waals surface area contributed by atoms with Crippen molar-refractivity contribution < 1.29 is 37.8 Å². The van der Waals surface area contributed by atoms with Crippen molar-refractivity contribution in [2.45, 2.75) is 101 Å². The summed E-state index contributed by atoms with van der Waals surface area (Å²) in [7, 11) is 1.50. The fourth-order valence-corrected chi connectivity index (χ4v) is 9.87. The van der Waals surface area contributed by atoms with E-state index in [1.54, 1.807) is 35.0 Å². The van der Waals surface area contributed by atoms with Gasteiger partial charge >= 0.3 is 0 Å². The van der Waals surface area contributed by atoms with Crippen molar-refractivity contribution in [2.75, 3.05) is 50.1 Å². The topological polar surface area (TPSA) is 197 Å². The average molecular weight is 912 g/mol. The molecule has 17 nitrogen and oxygen atoms in total. The summed E-state index contributed by atoms with van der Waals surface area (Å²) in [5.41, 5.74) is 2.09. The summed E-state index contributed by atoms with van der Waals surface area (Å²) in [4.78, 5) is 90.2. The molecule has 3 atom stereocenters. The molecule has 5 aliphatic rings. The number of likely N-dealkylation sites (tertiary alicyclic amines) is 1. The van der Waals surface area contributed by atoms with Crippen molar-refractivity contribution in [3.8, 4) is 5.75 Å². The molecule has 1 saturated carbocycles. The molecule has 342 valence electrons. The first-order valence-electron chi connectivity index (χ1n) is 22.2. The predicted molar refractivity (Wildman–Crippen MR) is 239 cm³/mol. The quantitative estimate of drug-likeness (QED) is 0.167. The molecule has 65 heavy (non-hydrogen) atoms. The van der Waals surface area contributed by atoms with Crippen LogP contribution >= 0.6 is 11.6 Å². The third kappa shape index (κ3) is 8.78. The molecule has 3 N–H and O–H groups in total. The molecule has 0 bridgehead atoms. The van der Waals surface area contributed by atoms with E-state index in [0.717, 1.165) is 36.0 Å². The molecule has 2 aromatic carbocycles. The van der Waals surface area contributed by atoms with Gasteiger partial charge in [-0.05, 0) is 101 Å². The van der Waals surface area contributed by atoms with Crippen molar-refractivity contribution in [1.29, 1.82) is 0 Å². The number of benzene rings is 2. The predicted octanol–water partition coefficient (Wildman–Crippen LogP) is 4.64. The number of fused-ring (bicyclic) bond motifs is 2. The number of piperidine rings is 3. The zero-order valence-corrected chi connectivity index (χ0v) is 37.1. The Labute approximate surface area is 379 Å². The first-order valence-corrected chi connectivity index (χ1v) is 22.6. The van der Waals surface area contributed by atoms with Crippen LogP contribution in [0.15, 0.2) is 53.5 Å². The Balaban J connectivity index is 0.755. The van der Waals surface area contributed by atoms with Gasteiger partial charge in [0, 0.05) is 62.2 Å². The van der Waals surface area contributed by atoms with Crippen molar-refractivity contribution >= 4 is 69.5 Å². The number of alkyl halides is 1. The number of pyridine rings is 1. The van der Waals surface area contributed by atoms with E-state index >= 15 is 4.39 Å². The van der Waals surface area contributed by atoms with Crippen LogP contribution in [0.5, 0.6) is 5.75 Å². The number of nitrogens with zero attached hydrogens (tertiary/aromatic N) is 6. The SMILES string of the molecule is CNC(=O)COc1cc2cc(Nc3nc(N4CCC(OC5CC(N6CC[C@H](c7ccc8c(c7)C(=O)N([C@@H]7CCC(=O)NC7=O)C8=O)[C@H](F)C6)C5)CC4)ncc3Cl)ccc2n(C(C)C)c1=O. The maximum Gasteiger partial charge on any atom is 0.293 e. The zero-order chi connectivity index (χ0) is 45.7. The molecule has 3 saturated heterocycles. The lowest BCUT2D eigenvalue weighted by molar-refractivity contribution is -0.136. The monoisotopic (exact) mass is 911 g/mol. The molecule has 19 heteroatoms. The first-order chi connectivity index (χ1) is 31.3. The molecular weight excluding hydrogens is 861 g/mol. The number of nitrogens with one attached hydrogen (secondary N) is 3. The number of carbonyl (C=O) groups is 5. The largest absolute Gasteiger partial charge is 0.478 e. The van der Waals surface area contributed by atoms with Gasteiger partial charge in [0.05, 0.1) is 35.0 Å². The number of carbonyl (C=O) groups excluding carboxylic acids is 5. The van der Waals surface area contributed by atoms with Crippen molar-refractivity contribution in [3.63, 3.8) is 0 Å². The number of halogens is 2. The van der Waals surface area contributed by atoms with Crippen LogP contribution in [0.3, 0.4) is 0 Å². The molecule has 6 heterocycles. The van der Waals surface area contributed by atoms with Crippen LogP contribution in [0.25, 0.3) is 10.9 Å². The number of rotatable bonds is 12. The van der Waals surface area contributed by atoms with E-state index in [2.05, 4.69) is 30.7 Å². The van der Waals surface area contributed by atoms with E-state index in [9.17, 15) is 28.8 Å². The van der Waals surface area contributed by atoms with Crippen molar-refractivity contribution in [2.24, 2.45) is 0 Å². The van der Waals surface area contributed by atoms with E-state index in [0.29, 0.717) is 59.6 Å². The molecule has 0 unspecified atom stereocenters. The minimum Gasteiger partial charge on any atom is -0.478 e. The summed E-state index contributed by atoms with van der Waals surface area (Å²) < 4.78 is 29.7. The van der Waals surface area contributed by atoms with Gasteiger partial charge in [0.25, 0.3) is 23.3 Å². The lowest BCUT2D eigenvalue weighted by atomic mass is 9.82. The van der Waals surface area contributed by atoms with Gasteiger partial charge < -0.3 is 29.6 Å². The third-order valence-corrected chi connectivity index (χ3v) is 13.6. The number of amides is 5. The van der Waals surface area contributed by atoms with Crippen LogP contribution in [0.1, 0.15) is 97.0 Å². The number of imide groups is 2. The number of hydrogen-bond donors (Lipinski definition) is 3. The number of likely N-dealkylation sites (N-methyl/N-ethyl adjacent to an activating group) is 1. The molecular formula is C46H51ClFN9O8. The normalized spacial score (nSPS) is 24.0. The molecule has 5 amide bonds. The van der Waals surface area contributed by atoms with Crippen LogP contribution in [-0.4, -0.2) is 124 Å². The van der Waals surface area contributed by atoms with Gasteiger partial charge in [-0.1, -0.05) is 17.7 Å². The highest BCUT2D eigenvalue weighted by Gasteiger charge is 2.46. The Hall–Kier alpha value is -5.98.